The van der Waals surface area contributed by atoms with Crippen LogP contribution in [0.3, 0.4) is 0 Å². The van der Waals surface area contributed by atoms with Crippen LogP contribution in [-0.4, -0.2) is 42.3 Å². The van der Waals surface area contributed by atoms with Gasteiger partial charge in [0.2, 0.25) is 11.8 Å². The Hall–Kier alpha value is -2.74. The molecule has 1 fully saturated rings. The highest BCUT2D eigenvalue weighted by molar-refractivity contribution is 9.10. The number of amides is 3. The number of nitrogens with zero attached hydrogens (tertiary/aromatic N) is 2. The van der Waals surface area contributed by atoms with E-state index in [2.05, 4.69) is 31.5 Å². The molecular weight excluding hydrogens is 412 g/mol. The SMILES string of the molecule is O=C(NCCNC(=O)C1CCN(c2cccc(Br)c2)C1=O)c1cccnc1. The summed E-state index contributed by atoms with van der Waals surface area (Å²) in [5.41, 5.74) is 1.23. The summed E-state index contributed by atoms with van der Waals surface area (Å²) in [4.78, 5) is 42.3. The van der Waals surface area contributed by atoms with Crippen LogP contribution >= 0.6 is 15.9 Å². The summed E-state index contributed by atoms with van der Waals surface area (Å²) in [5.74, 6) is -1.47. The number of benzene rings is 1. The van der Waals surface area contributed by atoms with E-state index >= 15 is 0 Å². The minimum atomic E-state index is -0.696. The molecule has 0 bridgehead atoms. The van der Waals surface area contributed by atoms with Crippen LogP contribution in [0.1, 0.15) is 16.8 Å². The van der Waals surface area contributed by atoms with Crippen LogP contribution in [0.2, 0.25) is 0 Å². The molecule has 0 aliphatic carbocycles. The van der Waals surface area contributed by atoms with E-state index in [0.717, 1.165) is 10.2 Å². The minimum Gasteiger partial charge on any atom is -0.354 e. The summed E-state index contributed by atoms with van der Waals surface area (Å²) >= 11 is 3.39. The van der Waals surface area contributed by atoms with Crippen molar-refractivity contribution in [1.29, 1.82) is 0 Å². The van der Waals surface area contributed by atoms with Gasteiger partial charge in [-0.05, 0) is 36.8 Å². The second-order valence-electron chi connectivity index (χ2n) is 6.10. The van der Waals surface area contributed by atoms with Gasteiger partial charge in [-0.25, -0.2) is 0 Å². The van der Waals surface area contributed by atoms with Crippen molar-refractivity contribution in [2.24, 2.45) is 5.92 Å². The number of pyridine rings is 1. The predicted octanol–water partition coefficient (Wildman–Crippen LogP) is 1.74. The van der Waals surface area contributed by atoms with E-state index < -0.39 is 5.92 Å². The van der Waals surface area contributed by atoms with E-state index in [4.69, 9.17) is 0 Å². The molecule has 1 aliphatic heterocycles. The summed E-state index contributed by atoms with van der Waals surface area (Å²) < 4.78 is 0.880. The lowest BCUT2D eigenvalue weighted by atomic mass is 10.1. The number of rotatable bonds is 6. The summed E-state index contributed by atoms with van der Waals surface area (Å²) in [6.45, 7) is 1.03. The van der Waals surface area contributed by atoms with Gasteiger partial charge in [0.25, 0.3) is 5.91 Å². The van der Waals surface area contributed by atoms with Crippen molar-refractivity contribution >= 4 is 39.3 Å². The van der Waals surface area contributed by atoms with Gasteiger partial charge in [0, 0.05) is 42.2 Å². The second kappa shape index (κ2) is 8.77. The molecule has 1 aromatic carbocycles. The van der Waals surface area contributed by atoms with Crippen LogP contribution in [0, 0.1) is 5.92 Å². The highest BCUT2D eigenvalue weighted by atomic mass is 79.9. The maximum atomic E-state index is 12.6. The maximum absolute atomic E-state index is 12.6. The average Bonchev–Trinajstić information content (AvgIpc) is 3.07. The standard InChI is InChI=1S/C19H19BrN4O3/c20-14-4-1-5-15(11-14)24-10-6-16(19(24)27)18(26)23-9-8-22-17(25)13-3-2-7-21-12-13/h1-5,7,11-12,16H,6,8-10H2,(H,22,25)(H,23,26). The van der Waals surface area contributed by atoms with Gasteiger partial charge in [-0.1, -0.05) is 22.0 Å². The van der Waals surface area contributed by atoms with Crippen molar-refractivity contribution in [1.82, 2.24) is 15.6 Å². The van der Waals surface area contributed by atoms with Crippen molar-refractivity contribution < 1.29 is 14.4 Å². The van der Waals surface area contributed by atoms with Crippen LogP contribution in [0.15, 0.2) is 53.3 Å². The van der Waals surface area contributed by atoms with Crippen molar-refractivity contribution in [3.05, 3.63) is 58.8 Å². The Bertz CT molecular complexity index is 844. The van der Waals surface area contributed by atoms with Gasteiger partial charge in [0.1, 0.15) is 5.92 Å². The lowest BCUT2D eigenvalue weighted by molar-refractivity contribution is -0.132. The number of hydrogen-bond donors (Lipinski definition) is 2. The molecule has 1 aliphatic rings. The third kappa shape index (κ3) is 4.71. The number of carbonyl (C=O) groups is 3. The van der Waals surface area contributed by atoms with Crippen LogP contribution < -0.4 is 15.5 Å². The number of nitrogens with one attached hydrogen (secondary N) is 2. The first-order valence-corrected chi connectivity index (χ1v) is 9.38. The fourth-order valence-electron chi connectivity index (χ4n) is 2.91. The van der Waals surface area contributed by atoms with E-state index in [1.165, 1.54) is 6.20 Å². The molecule has 0 spiro atoms. The lowest BCUT2D eigenvalue weighted by Crippen LogP contribution is -2.40. The molecule has 1 aromatic heterocycles. The Morgan fingerprint density at radius 1 is 1.19 bits per heavy atom. The highest BCUT2D eigenvalue weighted by Crippen LogP contribution is 2.27. The number of halogens is 1. The largest absolute Gasteiger partial charge is 0.354 e. The molecule has 2 heterocycles. The zero-order chi connectivity index (χ0) is 19.2. The lowest BCUT2D eigenvalue weighted by Gasteiger charge is -2.17. The first kappa shape index (κ1) is 19.0. The van der Waals surface area contributed by atoms with Gasteiger partial charge in [-0.15, -0.1) is 0 Å². The molecule has 7 nitrogen and oxygen atoms in total. The molecule has 1 saturated heterocycles. The van der Waals surface area contributed by atoms with E-state index in [1.54, 1.807) is 23.2 Å². The van der Waals surface area contributed by atoms with Crippen LogP contribution in [0.4, 0.5) is 5.69 Å². The van der Waals surface area contributed by atoms with Crippen molar-refractivity contribution in [2.75, 3.05) is 24.5 Å². The summed E-state index contributed by atoms with van der Waals surface area (Å²) in [6, 6.07) is 10.8. The molecule has 2 aromatic rings. The van der Waals surface area contributed by atoms with Crippen molar-refractivity contribution in [3.8, 4) is 0 Å². The van der Waals surface area contributed by atoms with Crippen LogP contribution in [0.25, 0.3) is 0 Å². The summed E-state index contributed by atoms with van der Waals surface area (Å²) in [5, 5.41) is 5.42. The number of aromatic nitrogens is 1. The highest BCUT2D eigenvalue weighted by Gasteiger charge is 2.37. The summed E-state index contributed by atoms with van der Waals surface area (Å²) in [6.07, 6.45) is 3.54. The number of carbonyl (C=O) groups excluding carboxylic acids is 3. The van der Waals surface area contributed by atoms with Crippen LogP contribution in [0.5, 0.6) is 0 Å². The fraction of sp³-hybridized carbons (Fsp3) is 0.263. The molecule has 3 rings (SSSR count). The molecule has 8 heteroatoms. The van der Waals surface area contributed by atoms with E-state index in [9.17, 15) is 14.4 Å². The Labute approximate surface area is 165 Å². The predicted molar refractivity (Wildman–Crippen MR) is 104 cm³/mol. The zero-order valence-corrected chi connectivity index (χ0v) is 16.1. The number of anilines is 1. The molecule has 0 saturated carbocycles. The fourth-order valence-corrected chi connectivity index (χ4v) is 3.29. The van der Waals surface area contributed by atoms with Crippen LogP contribution in [-0.2, 0) is 9.59 Å². The molecule has 1 atom stereocenters. The van der Waals surface area contributed by atoms with Crippen molar-refractivity contribution in [2.45, 2.75) is 6.42 Å². The topological polar surface area (TPSA) is 91.4 Å². The molecule has 2 N–H and O–H groups in total. The first-order valence-electron chi connectivity index (χ1n) is 8.59. The molecule has 27 heavy (non-hydrogen) atoms. The van der Waals surface area contributed by atoms with Gasteiger partial charge in [-0.3, -0.25) is 19.4 Å². The Kier molecular flexibility index (Phi) is 6.18. The van der Waals surface area contributed by atoms with E-state index in [1.807, 2.05) is 24.3 Å². The maximum Gasteiger partial charge on any atom is 0.252 e. The molecule has 140 valence electrons. The third-order valence-corrected chi connectivity index (χ3v) is 4.77. The Morgan fingerprint density at radius 2 is 2.00 bits per heavy atom. The second-order valence-corrected chi connectivity index (χ2v) is 7.02. The van der Waals surface area contributed by atoms with Gasteiger partial charge in [0.15, 0.2) is 0 Å². The van der Waals surface area contributed by atoms with Gasteiger partial charge >= 0.3 is 0 Å². The average molecular weight is 431 g/mol. The normalized spacial score (nSPS) is 16.3. The number of hydrogen-bond acceptors (Lipinski definition) is 4. The molecule has 3 amide bonds. The smallest absolute Gasteiger partial charge is 0.252 e. The zero-order valence-electron chi connectivity index (χ0n) is 14.5. The van der Waals surface area contributed by atoms with Gasteiger partial charge < -0.3 is 15.5 Å². The van der Waals surface area contributed by atoms with Crippen molar-refractivity contribution in [3.63, 3.8) is 0 Å². The molecular formula is C19H19BrN4O3. The molecule has 1 unspecified atom stereocenters. The minimum absolute atomic E-state index is 0.204. The van der Waals surface area contributed by atoms with E-state index in [-0.39, 0.29) is 30.8 Å². The quantitative estimate of drug-likeness (QED) is 0.539. The van der Waals surface area contributed by atoms with Gasteiger partial charge in [0.05, 0.1) is 5.56 Å². The Morgan fingerprint density at radius 3 is 2.74 bits per heavy atom. The van der Waals surface area contributed by atoms with E-state index in [0.29, 0.717) is 18.5 Å². The first-order chi connectivity index (χ1) is 13.1. The summed E-state index contributed by atoms with van der Waals surface area (Å²) in [7, 11) is 0. The molecule has 0 radical (unpaired) electrons. The Balaban J connectivity index is 1.46. The third-order valence-electron chi connectivity index (χ3n) is 4.28. The monoisotopic (exact) mass is 430 g/mol. The van der Waals surface area contributed by atoms with Gasteiger partial charge in [-0.2, -0.15) is 0 Å².